The van der Waals surface area contributed by atoms with Crippen LogP contribution in [0.5, 0.6) is 5.75 Å². The zero-order valence-electron chi connectivity index (χ0n) is 13.8. The van der Waals surface area contributed by atoms with Gasteiger partial charge in [-0.25, -0.2) is 4.79 Å². The Bertz CT molecular complexity index is 1080. The Kier molecular flexibility index (Phi) is 3.42. The molecule has 0 spiro atoms. The van der Waals surface area contributed by atoms with Gasteiger partial charge in [0.1, 0.15) is 5.75 Å². The number of aryl methyl sites for hydroxylation is 1. The van der Waals surface area contributed by atoms with E-state index in [2.05, 4.69) is 16.5 Å². The molecule has 1 aliphatic rings. The monoisotopic (exact) mass is 338 g/mol. The zero-order chi connectivity index (χ0) is 17.7. The molecule has 0 atom stereocenters. The second-order valence-corrected chi connectivity index (χ2v) is 6.27. The number of aromatic hydroxyl groups is 1. The van der Waals surface area contributed by atoms with Crippen molar-refractivity contribution in [2.75, 3.05) is 0 Å². The molecular formula is C19H18N2O4. The molecule has 0 fully saturated rings. The molecule has 3 aromatic rings. The van der Waals surface area contributed by atoms with Gasteiger partial charge in [0.25, 0.3) is 5.56 Å². The Hall–Kier alpha value is -3.02. The number of benzene rings is 1. The number of pyridine rings is 1. The van der Waals surface area contributed by atoms with Gasteiger partial charge >= 0.3 is 5.97 Å². The number of nitrogens with zero attached hydrogens (tertiary/aromatic N) is 1. The normalized spacial score (nSPS) is 13.3. The third kappa shape index (κ3) is 2.10. The molecule has 0 aliphatic heterocycles. The van der Waals surface area contributed by atoms with Crippen LogP contribution in [0.1, 0.15) is 35.0 Å². The number of para-hydroxylation sites is 1. The number of H-pyrrole nitrogens is 1. The lowest BCUT2D eigenvalue weighted by Crippen LogP contribution is -2.20. The van der Waals surface area contributed by atoms with Crippen LogP contribution in [0.15, 0.2) is 29.1 Å². The maximum absolute atomic E-state index is 12.3. The van der Waals surface area contributed by atoms with Crippen molar-refractivity contribution in [3.63, 3.8) is 0 Å². The lowest BCUT2D eigenvalue weighted by Gasteiger charge is -2.11. The number of aromatic carboxylic acids is 1. The number of rotatable bonds is 2. The number of nitrogens with one attached hydrogen (secondary N) is 1. The molecule has 6 heteroatoms. The maximum Gasteiger partial charge on any atom is 0.345 e. The van der Waals surface area contributed by atoms with Crippen LogP contribution in [0.3, 0.4) is 0 Å². The number of aromatic nitrogens is 2. The molecule has 4 rings (SSSR count). The molecule has 25 heavy (non-hydrogen) atoms. The molecule has 128 valence electrons. The summed E-state index contributed by atoms with van der Waals surface area (Å²) in [6.45, 7) is 2.88. The Labute approximate surface area is 143 Å². The summed E-state index contributed by atoms with van der Waals surface area (Å²) in [6, 6.07) is 7.95. The third-order valence-electron chi connectivity index (χ3n) is 4.99. The van der Waals surface area contributed by atoms with Crippen molar-refractivity contribution in [3.05, 3.63) is 51.4 Å². The van der Waals surface area contributed by atoms with Crippen LogP contribution in [0.2, 0.25) is 0 Å². The van der Waals surface area contributed by atoms with Crippen molar-refractivity contribution in [1.29, 1.82) is 0 Å². The smallest absolute Gasteiger partial charge is 0.345 e. The Morgan fingerprint density at radius 1 is 1.28 bits per heavy atom. The minimum absolute atomic E-state index is 0.410. The summed E-state index contributed by atoms with van der Waals surface area (Å²) in [5, 5.41) is 20.7. The third-order valence-corrected chi connectivity index (χ3v) is 4.99. The Morgan fingerprint density at radius 3 is 2.76 bits per heavy atom. The van der Waals surface area contributed by atoms with Crippen molar-refractivity contribution in [2.45, 2.75) is 32.7 Å². The molecule has 2 heterocycles. The zero-order valence-corrected chi connectivity index (χ0v) is 13.8. The van der Waals surface area contributed by atoms with Crippen molar-refractivity contribution in [3.8, 4) is 17.0 Å². The van der Waals surface area contributed by atoms with Crippen molar-refractivity contribution in [1.82, 2.24) is 9.55 Å². The Morgan fingerprint density at radius 2 is 2.04 bits per heavy atom. The predicted molar refractivity (Wildman–Crippen MR) is 94.3 cm³/mol. The number of hydrogen-bond donors (Lipinski definition) is 3. The van der Waals surface area contributed by atoms with Crippen LogP contribution in [0.4, 0.5) is 0 Å². The number of hydrogen-bond acceptors (Lipinski definition) is 3. The second-order valence-electron chi connectivity index (χ2n) is 6.27. The lowest BCUT2D eigenvalue weighted by molar-refractivity contribution is 0.0691. The number of fused-ring (bicyclic) bond motifs is 5. The SMILES string of the molecule is CCn1c2c(c3ccccc31)-c1[nH]c(=O)c(C(=O)O)c(O)c1CCC2. The molecular weight excluding hydrogens is 320 g/mol. The van der Waals surface area contributed by atoms with Crippen molar-refractivity contribution < 1.29 is 15.0 Å². The lowest BCUT2D eigenvalue weighted by atomic mass is 10.00. The van der Waals surface area contributed by atoms with E-state index in [1.807, 2.05) is 24.3 Å². The van der Waals surface area contributed by atoms with E-state index in [1.165, 1.54) is 0 Å². The van der Waals surface area contributed by atoms with E-state index >= 15 is 0 Å². The summed E-state index contributed by atoms with van der Waals surface area (Å²) < 4.78 is 2.22. The van der Waals surface area contributed by atoms with Gasteiger partial charge in [0.2, 0.25) is 0 Å². The molecule has 2 aromatic heterocycles. The highest BCUT2D eigenvalue weighted by Crippen LogP contribution is 2.41. The van der Waals surface area contributed by atoms with Gasteiger partial charge in [0, 0.05) is 34.3 Å². The molecule has 0 saturated heterocycles. The standard InChI is InChI=1S/C19H18N2O4/c1-2-21-12-8-4-3-6-10(12)14-13(21)9-5-7-11-16(14)20-18(23)15(17(11)22)19(24)25/h3-4,6,8H,2,5,7,9H2,1H3,(H,24,25)(H2,20,22,23). The van der Waals surface area contributed by atoms with E-state index in [1.54, 1.807) is 0 Å². The predicted octanol–water partition coefficient (Wildman–Crippen LogP) is 2.91. The highest BCUT2D eigenvalue weighted by Gasteiger charge is 2.28. The van der Waals surface area contributed by atoms with Crippen molar-refractivity contribution in [2.24, 2.45) is 0 Å². The number of aromatic amines is 1. The van der Waals surface area contributed by atoms with E-state index in [-0.39, 0.29) is 0 Å². The van der Waals surface area contributed by atoms with E-state index < -0.39 is 22.8 Å². The molecule has 0 radical (unpaired) electrons. The summed E-state index contributed by atoms with van der Waals surface area (Å²) in [5.41, 5.74) is 2.78. The second kappa shape index (κ2) is 5.51. The topological polar surface area (TPSA) is 95.3 Å². The first-order valence-corrected chi connectivity index (χ1v) is 8.36. The molecule has 1 aliphatic carbocycles. The fourth-order valence-electron chi connectivity index (χ4n) is 3.97. The molecule has 0 saturated carbocycles. The quantitative estimate of drug-likeness (QED) is 0.669. The highest BCUT2D eigenvalue weighted by molar-refractivity contribution is 6.00. The van der Waals surface area contributed by atoms with Crippen LogP contribution in [0, 0.1) is 0 Å². The molecule has 0 unspecified atom stereocenters. The molecule has 6 nitrogen and oxygen atoms in total. The minimum Gasteiger partial charge on any atom is -0.506 e. The summed E-state index contributed by atoms with van der Waals surface area (Å²) in [5.74, 6) is -1.82. The van der Waals surface area contributed by atoms with Gasteiger partial charge < -0.3 is 19.8 Å². The van der Waals surface area contributed by atoms with Crippen LogP contribution in [0.25, 0.3) is 22.2 Å². The number of carboxylic acids is 1. The number of carboxylic acid groups (broad SMARTS) is 1. The Balaban J connectivity index is 2.16. The fourth-order valence-corrected chi connectivity index (χ4v) is 3.97. The first kappa shape index (κ1) is 15.5. The average molecular weight is 338 g/mol. The highest BCUT2D eigenvalue weighted by atomic mass is 16.4. The van der Waals surface area contributed by atoms with Gasteiger partial charge in [-0.15, -0.1) is 0 Å². The average Bonchev–Trinajstić information content (AvgIpc) is 2.77. The van der Waals surface area contributed by atoms with Gasteiger partial charge in [0.15, 0.2) is 5.56 Å². The van der Waals surface area contributed by atoms with Gasteiger partial charge in [-0.05, 0) is 32.3 Å². The molecule has 0 amide bonds. The first-order valence-electron chi connectivity index (χ1n) is 8.36. The van der Waals surface area contributed by atoms with Crippen LogP contribution in [-0.2, 0) is 19.4 Å². The van der Waals surface area contributed by atoms with Crippen LogP contribution >= 0.6 is 0 Å². The number of carbonyl (C=O) groups is 1. The molecule has 1 aromatic carbocycles. The summed E-state index contributed by atoms with van der Waals surface area (Å²) in [7, 11) is 0. The van der Waals surface area contributed by atoms with E-state index in [0.29, 0.717) is 17.7 Å². The molecule has 0 bridgehead atoms. The van der Waals surface area contributed by atoms with Crippen LogP contribution < -0.4 is 5.56 Å². The summed E-state index contributed by atoms with van der Waals surface area (Å²) in [6.07, 6.45) is 2.09. The largest absolute Gasteiger partial charge is 0.506 e. The maximum atomic E-state index is 12.3. The molecule has 3 N–H and O–H groups in total. The van der Waals surface area contributed by atoms with E-state index in [0.717, 1.165) is 41.5 Å². The summed E-state index contributed by atoms with van der Waals surface area (Å²) >= 11 is 0. The fraction of sp³-hybridized carbons (Fsp3) is 0.263. The van der Waals surface area contributed by atoms with Gasteiger partial charge in [-0.1, -0.05) is 18.2 Å². The van der Waals surface area contributed by atoms with Crippen LogP contribution in [-0.4, -0.2) is 25.7 Å². The van der Waals surface area contributed by atoms with Gasteiger partial charge in [-0.2, -0.15) is 0 Å². The van der Waals surface area contributed by atoms with Gasteiger partial charge in [0.05, 0.1) is 5.69 Å². The van der Waals surface area contributed by atoms with Crippen molar-refractivity contribution >= 4 is 16.9 Å². The first-order chi connectivity index (χ1) is 12.0. The van der Waals surface area contributed by atoms with E-state index in [9.17, 15) is 19.8 Å². The minimum atomic E-state index is -1.41. The van der Waals surface area contributed by atoms with E-state index in [4.69, 9.17) is 0 Å². The van der Waals surface area contributed by atoms with Gasteiger partial charge in [-0.3, -0.25) is 4.79 Å². The summed E-state index contributed by atoms with van der Waals surface area (Å²) in [4.78, 5) is 26.4.